The highest BCUT2D eigenvalue weighted by Gasteiger charge is 2.35. The highest BCUT2D eigenvalue weighted by atomic mass is 16.2. The maximum atomic E-state index is 13.6. The lowest BCUT2D eigenvalue weighted by molar-refractivity contribution is -0.124. The van der Waals surface area contributed by atoms with Crippen LogP contribution in [0.2, 0.25) is 0 Å². The summed E-state index contributed by atoms with van der Waals surface area (Å²) in [5.74, 6) is 0.160. The van der Waals surface area contributed by atoms with Crippen LogP contribution in [0.15, 0.2) is 36.5 Å². The quantitative estimate of drug-likeness (QED) is 0.589. The van der Waals surface area contributed by atoms with Crippen LogP contribution in [0.25, 0.3) is 17.1 Å². The molecule has 0 aliphatic carbocycles. The third-order valence-electron chi connectivity index (χ3n) is 6.53. The van der Waals surface area contributed by atoms with E-state index in [-0.39, 0.29) is 11.8 Å². The predicted octanol–water partition coefficient (Wildman–Crippen LogP) is 2.77. The monoisotopic (exact) mass is 477 g/mol. The Hall–Kier alpha value is -3.46. The Bertz CT molecular complexity index is 1220. The minimum absolute atomic E-state index is 0.228. The van der Waals surface area contributed by atoms with Crippen molar-refractivity contribution in [2.24, 2.45) is 5.41 Å². The minimum atomic E-state index is -0.688. The molecule has 186 valence electrons. The van der Waals surface area contributed by atoms with Gasteiger partial charge in [0, 0.05) is 20.1 Å². The van der Waals surface area contributed by atoms with Crippen molar-refractivity contribution in [2.75, 3.05) is 20.6 Å². The van der Waals surface area contributed by atoms with E-state index < -0.39 is 11.5 Å². The highest BCUT2D eigenvalue weighted by Crippen LogP contribution is 2.30. The molecular weight excluding hydrogens is 442 g/mol. The first-order valence-electron chi connectivity index (χ1n) is 12.0. The second-order valence-electron chi connectivity index (χ2n) is 10.3. The Kier molecular flexibility index (Phi) is 6.80. The number of rotatable bonds is 5. The molecule has 1 aliphatic rings. The summed E-state index contributed by atoms with van der Waals surface area (Å²) in [5.41, 5.74) is 3.56. The fourth-order valence-electron chi connectivity index (χ4n) is 4.59. The average Bonchev–Trinajstić information content (AvgIpc) is 3.30. The number of aromatic nitrogens is 4. The molecule has 0 saturated carbocycles. The number of amides is 2. The molecule has 9 heteroatoms. The standard InChI is InChI=1S/C26H35N7O2/c1-17-19(15-28-33(17)18-11-8-7-9-12-18)23-29-21(20-16-31(6)13-10-14-32(20)23)24(34)30-22(25(35)27-5)26(2,3)4/h7-9,11-12,15,22H,10,13-14,16H2,1-6H3,(H,27,35)(H,30,34)/t22-/m1/s1. The summed E-state index contributed by atoms with van der Waals surface area (Å²) in [5, 5.41) is 10.2. The molecule has 35 heavy (non-hydrogen) atoms. The lowest BCUT2D eigenvalue weighted by Gasteiger charge is -2.29. The lowest BCUT2D eigenvalue weighted by Crippen LogP contribution is -2.53. The van der Waals surface area contributed by atoms with Crippen molar-refractivity contribution in [1.29, 1.82) is 0 Å². The Morgan fingerprint density at radius 1 is 1.11 bits per heavy atom. The number of nitrogens with one attached hydrogen (secondary N) is 2. The van der Waals surface area contributed by atoms with E-state index in [1.807, 2.05) is 76.0 Å². The maximum absolute atomic E-state index is 13.6. The molecule has 0 radical (unpaired) electrons. The Labute approximate surface area is 206 Å². The topological polar surface area (TPSA) is 97.1 Å². The highest BCUT2D eigenvalue weighted by molar-refractivity contribution is 5.98. The summed E-state index contributed by atoms with van der Waals surface area (Å²) in [6, 6.07) is 9.27. The number of fused-ring (bicyclic) bond motifs is 1. The van der Waals surface area contributed by atoms with Gasteiger partial charge < -0.3 is 20.1 Å². The van der Waals surface area contributed by atoms with Crippen LogP contribution in [0.3, 0.4) is 0 Å². The van der Waals surface area contributed by atoms with Crippen molar-refractivity contribution in [3.8, 4) is 17.1 Å². The van der Waals surface area contributed by atoms with Gasteiger partial charge in [-0.3, -0.25) is 9.59 Å². The smallest absolute Gasteiger partial charge is 0.272 e. The Morgan fingerprint density at radius 2 is 1.83 bits per heavy atom. The maximum Gasteiger partial charge on any atom is 0.272 e. The summed E-state index contributed by atoms with van der Waals surface area (Å²) >= 11 is 0. The van der Waals surface area contributed by atoms with Gasteiger partial charge in [-0.25, -0.2) is 9.67 Å². The summed E-state index contributed by atoms with van der Waals surface area (Å²) in [7, 11) is 3.63. The summed E-state index contributed by atoms with van der Waals surface area (Å²) < 4.78 is 4.03. The van der Waals surface area contributed by atoms with E-state index >= 15 is 0 Å². The third-order valence-corrected chi connectivity index (χ3v) is 6.53. The number of hydrogen-bond donors (Lipinski definition) is 2. The van der Waals surface area contributed by atoms with Gasteiger partial charge in [-0.15, -0.1) is 0 Å². The SMILES string of the molecule is CNC(=O)[C@@H](NC(=O)c1nc(-c2cnn(-c3ccccc3)c2C)n2c1CN(C)CCC2)C(C)(C)C. The van der Waals surface area contributed by atoms with E-state index in [0.29, 0.717) is 12.2 Å². The van der Waals surface area contributed by atoms with E-state index in [1.165, 1.54) is 0 Å². The molecule has 0 unspecified atom stereocenters. The van der Waals surface area contributed by atoms with Crippen LogP contribution in [-0.2, 0) is 17.9 Å². The van der Waals surface area contributed by atoms with Crippen molar-refractivity contribution in [3.63, 3.8) is 0 Å². The van der Waals surface area contributed by atoms with Crippen LogP contribution < -0.4 is 10.6 Å². The van der Waals surface area contributed by atoms with Crippen molar-refractivity contribution in [2.45, 2.75) is 53.2 Å². The van der Waals surface area contributed by atoms with E-state index in [9.17, 15) is 9.59 Å². The molecule has 9 nitrogen and oxygen atoms in total. The van der Waals surface area contributed by atoms with E-state index in [0.717, 1.165) is 48.0 Å². The van der Waals surface area contributed by atoms with Crippen molar-refractivity contribution < 1.29 is 9.59 Å². The van der Waals surface area contributed by atoms with Crippen LogP contribution in [0, 0.1) is 12.3 Å². The number of nitrogens with zero attached hydrogens (tertiary/aromatic N) is 5. The van der Waals surface area contributed by atoms with Crippen LogP contribution >= 0.6 is 0 Å². The first-order chi connectivity index (χ1) is 16.6. The molecule has 2 N–H and O–H groups in total. The zero-order valence-electron chi connectivity index (χ0n) is 21.4. The molecule has 3 heterocycles. The Morgan fingerprint density at radius 3 is 2.49 bits per heavy atom. The molecule has 0 bridgehead atoms. The van der Waals surface area contributed by atoms with Gasteiger partial charge in [0.25, 0.3) is 5.91 Å². The van der Waals surface area contributed by atoms with Crippen molar-refractivity contribution >= 4 is 11.8 Å². The average molecular weight is 478 g/mol. The number of para-hydroxylation sites is 1. The van der Waals surface area contributed by atoms with Crippen LogP contribution in [0.4, 0.5) is 0 Å². The zero-order chi connectivity index (χ0) is 25.3. The summed E-state index contributed by atoms with van der Waals surface area (Å²) in [4.78, 5) is 33.2. The fraction of sp³-hybridized carbons (Fsp3) is 0.462. The van der Waals surface area contributed by atoms with Gasteiger partial charge in [0.1, 0.15) is 11.9 Å². The van der Waals surface area contributed by atoms with Crippen molar-refractivity contribution in [1.82, 2.24) is 34.9 Å². The first-order valence-corrected chi connectivity index (χ1v) is 12.0. The van der Waals surface area contributed by atoms with Crippen LogP contribution in [0.1, 0.15) is 49.1 Å². The van der Waals surface area contributed by atoms with Crippen LogP contribution in [-0.4, -0.2) is 62.7 Å². The third kappa shape index (κ3) is 4.86. The molecule has 1 aromatic carbocycles. The van der Waals surface area contributed by atoms with E-state index in [1.54, 1.807) is 7.05 Å². The number of benzene rings is 1. The summed E-state index contributed by atoms with van der Waals surface area (Å²) in [6.45, 7) is 10.1. The molecule has 2 aromatic heterocycles. The van der Waals surface area contributed by atoms with Crippen molar-refractivity contribution in [3.05, 3.63) is 53.6 Å². The van der Waals surface area contributed by atoms with E-state index in [4.69, 9.17) is 4.98 Å². The molecular formula is C26H35N7O2. The van der Waals surface area contributed by atoms with Gasteiger partial charge in [0.2, 0.25) is 5.91 Å². The van der Waals surface area contributed by atoms with Crippen LogP contribution in [0.5, 0.6) is 0 Å². The van der Waals surface area contributed by atoms with Gasteiger partial charge in [-0.1, -0.05) is 39.0 Å². The summed E-state index contributed by atoms with van der Waals surface area (Å²) in [6.07, 6.45) is 2.76. The lowest BCUT2D eigenvalue weighted by atomic mass is 9.86. The molecule has 0 fully saturated rings. The van der Waals surface area contributed by atoms with Gasteiger partial charge in [-0.2, -0.15) is 5.10 Å². The number of hydrogen-bond acceptors (Lipinski definition) is 5. The largest absolute Gasteiger partial charge is 0.357 e. The molecule has 0 spiro atoms. The number of likely N-dealkylation sites (N-methyl/N-ethyl adjacent to an activating group) is 1. The second-order valence-corrected chi connectivity index (χ2v) is 10.3. The second kappa shape index (κ2) is 9.65. The molecule has 3 aromatic rings. The number of carbonyl (C=O) groups excluding carboxylic acids is 2. The number of carbonyl (C=O) groups is 2. The molecule has 4 rings (SSSR count). The van der Waals surface area contributed by atoms with Gasteiger partial charge in [-0.05, 0) is 44.5 Å². The molecule has 0 saturated heterocycles. The molecule has 1 aliphatic heterocycles. The minimum Gasteiger partial charge on any atom is -0.357 e. The first kappa shape index (κ1) is 24.7. The van der Waals surface area contributed by atoms with Gasteiger partial charge >= 0.3 is 0 Å². The van der Waals surface area contributed by atoms with Gasteiger partial charge in [0.15, 0.2) is 5.69 Å². The Balaban J connectivity index is 1.78. The zero-order valence-corrected chi connectivity index (χ0v) is 21.4. The molecule has 2 amide bonds. The van der Waals surface area contributed by atoms with Gasteiger partial charge in [0.05, 0.1) is 28.8 Å². The fourth-order valence-corrected chi connectivity index (χ4v) is 4.59. The normalized spacial score (nSPS) is 15.3. The predicted molar refractivity (Wildman–Crippen MR) is 135 cm³/mol. The number of imidazole rings is 1. The van der Waals surface area contributed by atoms with E-state index in [2.05, 4.69) is 25.2 Å². The molecule has 1 atom stereocenters.